The maximum absolute atomic E-state index is 2.97. The van der Waals surface area contributed by atoms with Crippen molar-refractivity contribution in [1.29, 1.82) is 0 Å². The molecule has 0 aromatic carbocycles. The van der Waals surface area contributed by atoms with Crippen LogP contribution in [0.3, 0.4) is 0 Å². The SMILES string of the molecule is CCCN1[SiH2]N(CCC)[Si](C)(C)[Si]1(C)C. The van der Waals surface area contributed by atoms with E-state index < -0.39 is 15.5 Å². The Balaban J connectivity index is 2.83. The highest BCUT2D eigenvalue weighted by molar-refractivity contribution is 7.42. The van der Waals surface area contributed by atoms with Gasteiger partial charge in [0.25, 0.3) is 0 Å². The molecule has 90 valence electrons. The van der Waals surface area contributed by atoms with Crippen molar-refractivity contribution in [3.63, 3.8) is 0 Å². The van der Waals surface area contributed by atoms with Crippen LogP contribution in [-0.2, 0) is 0 Å². The van der Waals surface area contributed by atoms with Crippen LogP contribution in [0.5, 0.6) is 0 Å². The van der Waals surface area contributed by atoms with E-state index in [2.05, 4.69) is 48.5 Å². The van der Waals surface area contributed by atoms with E-state index in [4.69, 9.17) is 0 Å². The molecule has 0 atom stereocenters. The van der Waals surface area contributed by atoms with E-state index in [0.717, 1.165) is 0 Å². The molecule has 5 heteroatoms. The van der Waals surface area contributed by atoms with Gasteiger partial charge in [-0.1, -0.05) is 40.0 Å². The molecule has 0 N–H and O–H groups in total. The Morgan fingerprint density at radius 1 is 0.800 bits per heavy atom. The number of nitrogens with zero attached hydrogens (tertiary/aromatic N) is 2. The molecule has 1 heterocycles. The molecule has 0 bridgehead atoms. The van der Waals surface area contributed by atoms with Gasteiger partial charge >= 0.3 is 0 Å². The molecule has 0 aromatic heterocycles. The molecule has 0 unspecified atom stereocenters. The summed E-state index contributed by atoms with van der Waals surface area (Å²) < 4.78 is 5.93. The van der Waals surface area contributed by atoms with Gasteiger partial charge in [-0.15, -0.1) is 0 Å². The summed E-state index contributed by atoms with van der Waals surface area (Å²) in [5.41, 5.74) is 0. The fourth-order valence-corrected chi connectivity index (χ4v) is 24.8. The zero-order valence-electron chi connectivity index (χ0n) is 11.4. The Bertz CT molecular complexity index is 197. The van der Waals surface area contributed by atoms with E-state index in [1.807, 2.05) is 0 Å². The van der Waals surface area contributed by atoms with E-state index in [9.17, 15) is 0 Å². The smallest absolute Gasteiger partial charge is 0.159 e. The average molecular weight is 261 g/mol. The Labute approximate surface area is 100.0 Å². The second kappa shape index (κ2) is 4.83. The highest BCUT2D eigenvalue weighted by atomic mass is 29.3. The molecule has 1 fully saturated rings. The van der Waals surface area contributed by atoms with Gasteiger partial charge in [0.05, 0.1) is 0 Å². The van der Waals surface area contributed by atoms with Gasteiger partial charge in [0.2, 0.25) is 0 Å². The molecule has 2 nitrogen and oxygen atoms in total. The second-order valence-corrected chi connectivity index (χ2v) is 23.7. The fraction of sp³-hybridized carbons (Fsp3) is 1.00. The van der Waals surface area contributed by atoms with Gasteiger partial charge < -0.3 is 8.46 Å². The lowest BCUT2D eigenvalue weighted by Gasteiger charge is -2.39. The summed E-state index contributed by atoms with van der Waals surface area (Å²) in [6.07, 6.45) is 2.68. The van der Waals surface area contributed by atoms with Crippen molar-refractivity contribution in [2.75, 3.05) is 13.1 Å². The van der Waals surface area contributed by atoms with Crippen LogP contribution in [0.15, 0.2) is 0 Å². The lowest BCUT2D eigenvalue weighted by Crippen LogP contribution is -2.63. The van der Waals surface area contributed by atoms with Gasteiger partial charge in [0.1, 0.15) is 15.5 Å². The van der Waals surface area contributed by atoms with Crippen molar-refractivity contribution >= 4 is 25.3 Å². The van der Waals surface area contributed by atoms with Crippen molar-refractivity contribution in [3.8, 4) is 0 Å². The van der Waals surface area contributed by atoms with Crippen LogP contribution in [-0.4, -0.2) is 46.9 Å². The van der Waals surface area contributed by atoms with E-state index in [-0.39, 0.29) is 9.84 Å². The van der Waals surface area contributed by atoms with E-state index in [1.54, 1.807) is 0 Å². The Morgan fingerprint density at radius 3 is 1.40 bits per heavy atom. The van der Waals surface area contributed by atoms with Crippen LogP contribution in [0.25, 0.3) is 0 Å². The lowest BCUT2D eigenvalue weighted by atomic mass is 10.5. The third kappa shape index (κ3) is 2.31. The summed E-state index contributed by atoms with van der Waals surface area (Å²) in [5.74, 6) is 0. The molecule has 1 saturated heterocycles. The zero-order chi connectivity index (χ0) is 11.7. The Hall–Kier alpha value is 0.571. The fourth-order valence-electron chi connectivity index (χ4n) is 2.57. The molecule has 0 radical (unpaired) electrons. The summed E-state index contributed by atoms with van der Waals surface area (Å²) in [6.45, 7) is 17.9. The normalized spacial score (nSPS) is 26.0. The maximum atomic E-state index is 2.97. The first-order valence-corrected chi connectivity index (χ1v) is 14.5. The topological polar surface area (TPSA) is 6.48 Å². The van der Waals surface area contributed by atoms with Gasteiger partial charge in [0, 0.05) is 0 Å². The monoisotopic (exact) mass is 260 g/mol. The molecule has 0 aliphatic carbocycles. The molecule has 0 amide bonds. The molecular weight excluding hydrogens is 232 g/mol. The minimum Gasteiger partial charge on any atom is -0.340 e. The molecule has 0 aromatic rings. The van der Waals surface area contributed by atoms with Crippen LogP contribution in [0, 0.1) is 0 Å². The van der Waals surface area contributed by atoms with Crippen molar-refractivity contribution in [3.05, 3.63) is 0 Å². The first kappa shape index (κ1) is 13.6. The highest BCUT2D eigenvalue weighted by Gasteiger charge is 2.54. The quantitative estimate of drug-likeness (QED) is 0.713. The standard InChI is InChI=1S/C10H28N2Si3/c1-7-9-11-13-12(10-8-2)15(5,6)14(11,3)4/h7-10,13H2,1-6H3. The van der Waals surface area contributed by atoms with Crippen molar-refractivity contribution in [2.24, 2.45) is 0 Å². The minimum absolute atomic E-state index is 0.0690. The van der Waals surface area contributed by atoms with Gasteiger partial charge in [-0.05, 0) is 25.9 Å². The zero-order valence-corrected chi connectivity index (χ0v) is 14.8. The van der Waals surface area contributed by atoms with Crippen LogP contribution < -0.4 is 0 Å². The van der Waals surface area contributed by atoms with Gasteiger partial charge in [-0.2, -0.15) is 0 Å². The Morgan fingerprint density at radius 2 is 1.13 bits per heavy atom. The van der Waals surface area contributed by atoms with Gasteiger partial charge in [0.15, 0.2) is 9.84 Å². The third-order valence-electron chi connectivity index (χ3n) is 4.41. The van der Waals surface area contributed by atoms with Crippen molar-refractivity contribution in [1.82, 2.24) is 8.46 Å². The van der Waals surface area contributed by atoms with E-state index in [1.165, 1.54) is 25.9 Å². The summed E-state index contributed by atoms with van der Waals surface area (Å²) in [7, 11) is -2.19. The second-order valence-electron chi connectivity index (χ2n) is 5.79. The van der Waals surface area contributed by atoms with Crippen molar-refractivity contribution < 1.29 is 0 Å². The summed E-state index contributed by atoms with van der Waals surface area (Å²) >= 11 is 0. The highest BCUT2D eigenvalue weighted by Crippen LogP contribution is 2.32. The van der Waals surface area contributed by atoms with Crippen LogP contribution >= 0.6 is 0 Å². The summed E-state index contributed by atoms with van der Waals surface area (Å²) in [4.78, 5) is 0. The third-order valence-corrected chi connectivity index (χ3v) is 30.7. The van der Waals surface area contributed by atoms with Crippen LogP contribution in [0.2, 0.25) is 26.2 Å². The van der Waals surface area contributed by atoms with Gasteiger partial charge in [-0.25, -0.2) is 0 Å². The molecule has 15 heavy (non-hydrogen) atoms. The summed E-state index contributed by atoms with van der Waals surface area (Å²) in [5, 5.41) is 0. The maximum Gasteiger partial charge on any atom is 0.159 e. The molecule has 1 aliphatic heterocycles. The first-order chi connectivity index (χ1) is 6.87. The molecule has 0 saturated carbocycles. The minimum atomic E-state index is -1.06. The predicted octanol–water partition coefficient (Wildman–Crippen LogP) is 1.91. The van der Waals surface area contributed by atoms with E-state index >= 15 is 0 Å². The number of hydrogen-bond acceptors (Lipinski definition) is 2. The predicted molar refractivity (Wildman–Crippen MR) is 77.5 cm³/mol. The van der Waals surface area contributed by atoms with Gasteiger partial charge in [-0.3, -0.25) is 0 Å². The Kier molecular flexibility index (Phi) is 4.39. The first-order valence-electron chi connectivity index (χ1n) is 6.38. The number of rotatable bonds is 4. The largest absolute Gasteiger partial charge is 0.340 e. The molecule has 1 rings (SSSR count). The van der Waals surface area contributed by atoms with Crippen LogP contribution in [0.1, 0.15) is 26.7 Å². The lowest BCUT2D eigenvalue weighted by molar-refractivity contribution is 0.579. The molecule has 1 aliphatic rings. The molecule has 0 spiro atoms. The van der Waals surface area contributed by atoms with E-state index in [0.29, 0.717) is 0 Å². The summed E-state index contributed by atoms with van der Waals surface area (Å²) in [6, 6.07) is 0. The average Bonchev–Trinajstić information content (AvgIpc) is 2.29. The number of hydrogen-bond donors (Lipinski definition) is 0. The van der Waals surface area contributed by atoms with Crippen LogP contribution in [0.4, 0.5) is 0 Å². The van der Waals surface area contributed by atoms with Crippen molar-refractivity contribution in [2.45, 2.75) is 52.9 Å². The molecular formula is C10H28N2Si3.